The number of nitrogens with two attached hydrogens (primary N) is 1. The minimum absolute atomic E-state index is 0.0175. The van der Waals surface area contributed by atoms with E-state index in [0.717, 1.165) is 5.56 Å². The topological polar surface area (TPSA) is 84.2 Å². The molecule has 0 aromatic heterocycles. The Morgan fingerprint density at radius 3 is 2.54 bits per heavy atom. The molecule has 0 radical (unpaired) electrons. The van der Waals surface area contributed by atoms with Crippen LogP contribution in [0.4, 0.5) is 15.8 Å². The Morgan fingerprint density at radius 2 is 1.88 bits per heavy atom. The predicted octanol–water partition coefficient (Wildman–Crippen LogP) is 3.06. The standard InChI is InChI=1S/C18H20FN3O2/c1-12-11-13(21-17(23)7-4-10-20)8-9-16(12)22-18(24)14-5-2-3-6-15(14)19/h2-3,5-6,8-9,11H,4,7,10,20H2,1H3,(H,21,23)(H,22,24). The van der Waals surface area contributed by atoms with Gasteiger partial charge in [-0.2, -0.15) is 0 Å². The molecule has 0 saturated carbocycles. The molecule has 0 atom stereocenters. The quantitative estimate of drug-likeness (QED) is 0.761. The number of nitrogens with one attached hydrogen (secondary N) is 2. The van der Waals surface area contributed by atoms with Crippen LogP contribution in [0, 0.1) is 12.7 Å². The number of hydrogen-bond acceptors (Lipinski definition) is 3. The number of aryl methyl sites for hydroxylation is 1. The lowest BCUT2D eigenvalue weighted by atomic mass is 10.1. The average molecular weight is 329 g/mol. The largest absolute Gasteiger partial charge is 0.330 e. The van der Waals surface area contributed by atoms with Crippen molar-refractivity contribution in [2.75, 3.05) is 17.2 Å². The molecular weight excluding hydrogens is 309 g/mol. The molecule has 6 heteroatoms. The van der Waals surface area contributed by atoms with Gasteiger partial charge >= 0.3 is 0 Å². The van der Waals surface area contributed by atoms with E-state index in [4.69, 9.17) is 5.73 Å². The lowest BCUT2D eigenvalue weighted by molar-refractivity contribution is -0.116. The maximum atomic E-state index is 13.6. The van der Waals surface area contributed by atoms with Gasteiger partial charge in [0.25, 0.3) is 5.91 Å². The molecule has 0 aliphatic carbocycles. The number of hydrogen-bond donors (Lipinski definition) is 3. The summed E-state index contributed by atoms with van der Waals surface area (Å²) in [6, 6.07) is 10.9. The molecule has 0 spiro atoms. The number of anilines is 2. The summed E-state index contributed by atoms with van der Waals surface area (Å²) in [5.74, 6) is -1.20. The molecule has 2 aromatic carbocycles. The van der Waals surface area contributed by atoms with Crippen LogP contribution in [-0.4, -0.2) is 18.4 Å². The summed E-state index contributed by atoms with van der Waals surface area (Å²) in [6.45, 7) is 2.26. The molecule has 0 aliphatic heterocycles. The minimum Gasteiger partial charge on any atom is -0.330 e. The molecule has 0 bridgehead atoms. The summed E-state index contributed by atoms with van der Waals surface area (Å²) in [4.78, 5) is 23.8. The van der Waals surface area contributed by atoms with Crippen LogP contribution in [-0.2, 0) is 4.79 Å². The van der Waals surface area contributed by atoms with Crippen LogP contribution >= 0.6 is 0 Å². The molecule has 5 nitrogen and oxygen atoms in total. The minimum atomic E-state index is -0.573. The van der Waals surface area contributed by atoms with E-state index >= 15 is 0 Å². The molecule has 2 amide bonds. The molecule has 2 rings (SSSR count). The summed E-state index contributed by atoms with van der Waals surface area (Å²) < 4.78 is 13.6. The van der Waals surface area contributed by atoms with Crippen molar-refractivity contribution in [1.82, 2.24) is 0 Å². The molecule has 0 unspecified atom stereocenters. The van der Waals surface area contributed by atoms with E-state index in [-0.39, 0.29) is 11.5 Å². The van der Waals surface area contributed by atoms with Crippen molar-refractivity contribution in [3.05, 3.63) is 59.4 Å². The van der Waals surface area contributed by atoms with E-state index in [1.54, 1.807) is 31.2 Å². The SMILES string of the molecule is Cc1cc(NC(=O)CCCN)ccc1NC(=O)c1ccccc1F. The fraction of sp³-hybridized carbons (Fsp3) is 0.222. The van der Waals surface area contributed by atoms with Gasteiger partial charge < -0.3 is 16.4 Å². The van der Waals surface area contributed by atoms with Crippen LogP contribution in [0.2, 0.25) is 0 Å². The van der Waals surface area contributed by atoms with Crippen LogP contribution in [0.5, 0.6) is 0 Å². The Bertz CT molecular complexity index is 747. The second-order valence-corrected chi connectivity index (χ2v) is 5.40. The van der Waals surface area contributed by atoms with Gasteiger partial charge in [-0.15, -0.1) is 0 Å². The first-order valence-electron chi connectivity index (χ1n) is 7.67. The zero-order valence-electron chi connectivity index (χ0n) is 13.4. The number of amides is 2. The van der Waals surface area contributed by atoms with Gasteiger partial charge in [0.05, 0.1) is 5.56 Å². The number of carbonyl (C=O) groups excluding carboxylic acids is 2. The van der Waals surface area contributed by atoms with Crippen molar-refractivity contribution in [2.45, 2.75) is 19.8 Å². The smallest absolute Gasteiger partial charge is 0.258 e. The maximum absolute atomic E-state index is 13.6. The van der Waals surface area contributed by atoms with Crippen molar-refractivity contribution in [2.24, 2.45) is 5.73 Å². The zero-order valence-corrected chi connectivity index (χ0v) is 13.4. The van der Waals surface area contributed by atoms with Gasteiger partial charge in [-0.3, -0.25) is 9.59 Å². The van der Waals surface area contributed by atoms with E-state index in [0.29, 0.717) is 30.8 Å². The molecule has 0 heterocycles. The third kappa shape index (κ3) is 4.63. The Hall–Kier alpha value is -2.73. The highest BCUT2D eigenvalue weighted by Crippen LogP contribution is 2.21. The summed E-state index contributed by atoms with van der Waals surface area (Å²) >= 11 is 0. The molecule has 24 heavy (non-hydrogen) atoms. The first kappa shape index (κ1) is 17.6. The number of halogens is 1. The van der Waals surface area contributed by atoms with E-state index in [1.807, 2.05) is 0 Å². The molecule has 126 valence electrons. The fourth-order valence-corrected chi connectivity index (χ4v) is 2.20. The summed E-state index contributed by atoms with van der Waals surface area (Å²) in [5, 5.41) is 5.45. The van der Waals surface area contributed by atoms with Crippen LogP contribution < -0.4 is 16.4 Å². The second kappa shape index (κ2) is 8.21. The van der Waals surface area contributed by atoms with E-state index in [2.05, 4.69) is 10.6 Å². The van der Waals surface area contributed by atoms with Gasteiger partial charge in [-0.1, -0.05) is 12.1 Å². The van der Waals surface area contributed by atoms with Crippen molar-refractivity contribution in [1.29, 1.82) is 0 Å². The Labute approximate surface area is 140 Å². The van der Waals surface area contributed by atoms with E-state index < -0.39 is 11.7 Å². The van der Waals surface area contributed by atoms with Gasteiger partial charge in [0.2, 0.25) is 5.91 Å². The molecule has 0 saturated heterocycles. The number of rotatable bonds is 6. The maximum Gasteiger partial charge on any atom is 0.258 e. The van der Waals surface area contributed by atoms with Gasteiger partial charge in [0, 0.05) is 17.8 Å². The second-order valence-electron chi connectivity index (χ2n) is 5.40. The highest BCUT2D eigenvalue weighted by Gasteiger charge is 2.12. The number of benzene rings is 2. The normalized spacial score (nSPS) is 10.3. The van der Waals surface area contributed by atoms with E-state index in [9.17, 15) is 14.0 Å². The lowest BCUT2D eigenvalue weighted by Gasteiger charge is -2.11. The van der Waals surface area contributed by atoms with Gasteiger partial charge in [0.1, 0.15) is 5.82 Å². The fourth-order valence-electron chi connectivity index (χ4n) is 2.20. The van der Waals surface area contributed by atoms with Gasteiger partial charge in [-0.05, 0) is 55.8 Å². The summed E-state index contributed by atoms with van der Waals surface area (Å²) in [7, 11) is 0. The van der Waals surface area contributed by atoms with E-state index in [1.165, 1.54) is 18.2 Å². The Kier molecular flexibility index (Phi) is 6.03. The third-order valence-electron chi connectivity index (χ3n) is 3.48. The number of carbonyl (C=O) groups is 2. The molecule has 4 N–H and O–H groups in total. The van der Waals surface area contributed by atoms with Crippen molar-refractivity contribution in [3.63, 3.8) is 0 Å². The highest BCUT2D eigenvalue weighted by molar-refractivity contribution is 6.05. The summed E-state index contributed by atoms with van der Waals surface area (Å²) in [5.41, 5.74) is 7.31. The molecular formula is C18H20FN3O2. The van der Waals surface area contributed by atoms with Crippen LogP contribution in [0.1, 0.15) is 28.8 Å². The van der Waals surface area contributed by atoms with Crippen LogP contribution in [0.3, 0.4) is 0 Å². The Balaban J connectivity index is 2.06. The summed E-state index contributed by atoms with van der Waals surface area (Å²) in [6.07, 6.45) is 0.989. The third-order valence-corrected chi connectivity index (χ3v) is 3.48. The molecule has 0 aliphatic rings. The molecule has 0 fully saturated rings. The lowest BCUT2D eigenvalue weighted by Crippen LogP contribution is -2.15. The predicted molar refractivity (Wildman–Crippen MR) is 92.5 cm³/mol. The van der Waals surface area contributed by atoms with Crippen LogP contribution in [0.15, 0.2) is 42.5 Å². The average Bonchev–Trinajstić information content (AvgIpc) is 2.55. The first-order chi connectivity index (χ1) is 11.5. The zero-order chi connectivity index (χ0) is 17.5. The monoisotopic (exact) mass is 329 g/mol. The van der Waals surface area contributed by atoms with Crippen molar-refractivity contribution in [3.8, 4) is 0 Å². The first-order valence-corrected chi connectivity index (χ1v) is 7.67. The molecule has 2 aromatic rings. The van der Waals surface area contributed by atoms with Crippen LogP contribution in [0.25, 0.3) is 0 Å². The van der Waals surface area contributed by atoms with Gasteiger partial charge in [-0.25, -0.2) is 4.39 Å². The Morgan fingerprint density at radius 1 is 1.12 bits per heavy atom. The van der Waals surface area contributed by atoms with Gasteiger partial charge in [0.15, 0.2) is 0 Å². The van der Waals surface area contributed by atoms with Crippen molar-refractivity contribution < 1.29 is 14.0 Å². The highest BCUT2D eigenvalue weighted by atomic mass is 19.1. The van der Waals surface area contributed by atoms with Crippen molar-refractivity contribution >= 4 is 23.2 Å².